The Labute approximate surface area is 100.0 Å². The molecule has 0 bridgehead atoms. The maximum atomic E-state index is 13.5. The van der Waals surface area contributed by atoms with E-state index >= 15 is 0 Å². The molecule has 8 heteroatoms. The third-order valence-electron chi connectivity index (χ3n) is 1.92. The third kappa shape index (κ3) is 2.34. The summed E-state index contributed by atoms with van der Waals surface area (Å²) in [4.78, 5) is 15.2. The van der Waals surface area contributed by atoms with Gasteiger partial charge in [-0.3, -0.25) is 9.89 Å². The number of nitrogens with two attached hydrogens (primary N) is 1. The molecular weight excluding hydrogens is 249 g/mol. The van der Waals surface area contributed by atoms with Crippen LogP contribution >= 0.6 is 11.6 Å². The SMILES string of the molecule is Nc1n[nH]c(C(=O)Nc2cccc(Cl)c2F)n1. The first kappa shape index (κ1) is 11.3. The molecule has 2 rings (SSSR count). The molecule has 88 valence electrons. The maximum absolute atomic E-state index is 13.5. The minimum absolute atomic E-state index is 0.0440. The fraction of sp³-hybridized carbons (Fsp3) is 0. The molecule has 6 nitrogen and oxygen atoms in total. The molecule has 0 spiro atoms. The topological polar surface area (TPSA) is 96.7 Å². The van der Waals surface area contributed by atoms with E-state index in [-0.39, 0.29) is 22.5 Å². The highest BCUT2D eigenvalue weighted by molar-refractivity contribution is 6.31. The lowest BCUT2D eigenvalue weighted by molar-refractivity contribution is 0.101. The fourth-order valence-corrected chi connectivity index (χ4v) is 1.33. The van der Waals surface area contributed by atoms with E-state index in [9.17, 15) is 9.18 Å². The van der Waals surface area contributed by atoms with Gasteiger partial charge in [0.25, 0.3) is 5.91 Å². The number of rotatable bonds is 2. The predicted octanol–water partition coefficient (Wildman–Crippen LogP) is 1.43. The minimum Gasteiger partial charge on any atom is -0.366 e. The zero-order valence-electron chi connectivity index (χ0n) is 8.37. The van der Waals surface area contributed by atoms with Crippen LogP contribution in [0.25, 0.3) is 0 Å². The van der Waals surface area contributed by atoms with Crippen LogP contribution in [0.4, 0.5) is 16.0 Å². The highest BCUT2D eigenvalue weighted by Crippen LogP contribution is 2.22. The van der Waals surface area contributed by atoms with Crippen LogP contribution in [0.15, 0.2) is 18.2 Å². The Balaban J connectivity index is 2.21. The Bertz CT molecular complexity index is 570. The summed E-state index contributed by atoms with van der Waals surface area (Å²) in [6.07, 6.45) is 0. The second-order valence-corrected chi connectivity index (χ2v) is 3.50. The zero-order valence-corrected chi connectivity index (χ0v) is 9.12. The van der Waals surface area contributed by atoms with Gasteiger partial charge < -0.3 is 11.1 Å². The normalized spacial score (nSPS) is 10.2. The molecule has 0 aliphatic rings. The van der Waals surface area contributed by atoms with Gasteiger partial charge in [-0.2, -0.15) is 4.98 Å². The number of nitrogens with zero attached hydrogens (tertiary/aromatic N) is 2. The molecule has 0 fully saturated rings. The Hall–Kier alpha value is -2.15. The van der Waals surface area contributed by atoms with Gasteiger partial charge in [0.15, 0.2) is 5.82 Å². The average Bonchev–Trinajstić information content (AvgIpc) is 2.72. The summed E-state index contributed by atoms with van der Waals surface area (Å²) in [6, 6.07) is 4.26. The molecule has 0 atom stereocenters. The Morgan fingerprint density at radius 2 is 2.29 bits per heavy atom. The molecule has 0 radical (unpaired) electrons. The number of anilines is 2. The minimum atomic E-state index is -0.713. The molecule has 4 N–H and O–H groups in total. The van der Waals surface area contributed by atoms with Crippen LogP contribution in [0.2, 0.25) is 5.02 Å². The van der Waals surface area contributed by atoms with E-state index in [1.165, 1.54) is 18.2 Å². The summed E-state index contributed by atoms with van der Waals surface area (Å²) in [6.45, 7) is 0. The van der Waals surface area contributed by atoms with Crippen molar-refractivity contribution < 1.29 is 9.18 Å². The second kappa shape index (κ2) is 4.38. The number of aromatic amines is 1. The summed E-state index contributed by atoms with van der Waals surface area (Å²) in [5.74, 6) is -1.55. The van der Waals surface area contributed by atoms with Gasteiger partial charge in [-0.25, -0.2) is 4.39 Å². The Morgan fingerprint density at radius 3 is 2.94 bits per heavy atom. The van der Waals surface area contributed by atoms with Gasteiger partial charge in [-0.1, -0.05) is 17.7 Å². The quantitative estimate of drug-likeness (QED) is 0.756. The molecule has 17 heavy (non-hydrogen) atoms. The van der Waals surface area contributed by atoms with Crippen LogP contribution in [0.5, 0.6) is 0 Å². The summed E-state index contributed by atoms with van der Waals surface area (Å²) >= 11 is 5.57. The van der Waals surface area contributed by atoms with Gasteiger partial charge in [-0.05, 0) is 12.1 Å². The molecule has 0 saturated heterocycles. The van der Waals surface area contributed by atoms with E-state index in [0.29, 0.717) is 0 Å². The number of halogens is 2. The molecule has 0 aliphatic carbocycles. The van der Waals surface area contributed by atoms with Crippen LogP contribution in [0, 0.1) is 5.82 Å². The molecule has 2 aromatic rings. The van der Waals surface area contributed by atoms with Crippen LogP contribution in [-0.2, 0) is 0 Å². The van der Waals surface area contributed by atoms with Crippen LogP contribution in [0.3, 0.4) is 0 Å². The van der Waals surface area contributed by atoms with Gasteiger partial charge in [0.2, 0.25) is 11.8 Å². The van der Waals surface area contributed by atoms with Gasteiger partial charge in [-0.15, -0.1) is 5.10 Å². The van der Waals surface area contributed by atoms with E-state index in [2.05, 4.69) is 20.5 Å². The van der Waals surface area contributed by atoms with Gasteiger partial charge in [0.05, 0.1) is 10.7 Å². The smallest absolute Gasteiger partial charge is 0.293 e. The van der Waals surface area contributed by atoms with E-state index in [1.807, 2.05) is 0 Å². The van der Waals surface area contributed by atoms with Crippen LogP contribution in [0.1, 0.15) is 10.6 Å². The number of nitrogen functional groups attached to an aromatic ring is 1. The molecule has 0 unspecified atom stereocenters. The molecule has 0 aliphatic heterocycles. The highest BCUT2D eigenvalue weighted by Gasteiger charge is 2.14. The number of aromatic nitrogens is 3. The highest BCUT2D eigenvalue weighted by atomic mass is 35.5. The van der Waals surface area contributed by atoms with Crippen molar-refractivity contribution in [3.8, 4) is 0 Å². The molecular formula is C9H7ClFN5O. The van der Waals surface area contributed by atoms with Gasteiger partial charge >= 0.3 is 0 Å². The zero-order chi connectivity index (χ0) is 12.4. The number of benzene rings is 1. The van der Waals surface area contributed by atoms with Gasteiger partial charge in [0, 0.05) is 0 Å². The Kier molecular flexibility index (Phi) is 2.92. The third-order valence-corrected chi connectivity index (χ3v) is 2.21. The molecule has 1 aromatic heterocycles. The fourth-order valence-electron chi connectivity index (χ4n) is 1.16. The number of carbonyl (C=O) groups is 1. The van der Waals surface area contributed by atoms with Crippen molar-refractivity contribution in [1.82, 2.24) is 15.2 Å². The number of hydrogen-bond donors (Lipinski definition) is 3. The Morgan fingerprint density at radius 1 is 1.53 bits per heavy atom. The largest absolute Gasteiger partial charge is 0.366 e. The first-order chi connectivity index (χ1) is 8.08. The van der Waals surface area contributed by atoms with Crippen molar-refractivity contribution >= 4 is 29.1 Å². The number of carbonyl (C=O) groups excluding carboxylic acids is 1. The molecule has 1 amide bonds. The summed E-state index contributed by atoms with van der Waals surface area (Å²) in [5, 5.41) is 8.00. The molecule has 1 heterocycles. The first-order valence-electron chi connectivity index (χ1n) is 4.51. The van der Waals surface area contributed by atoms with E-state index in [0.717, 1.165) is 0 Å². The number of H-pyrrole nitrogens is 1. The summed E-state index contributed by atoms with van der Waals surface area (Å²) < 4.78 is 13.5. The lowest BCUT2D eigenvalue weighted by Crippen LogP contribution is -2.14. The van der Waals surface area contributed by atoms with Crippen molar-refractivity contribution in [3.63, 3.8) is 0 Å². The van der Waals surface area contributed by atoms with Crippen molar-refractivity contribution in [2.75, 3.05) is 11.1 Å². The molecule has 0 saturated carbocycles. The van der Waals surface area contributed by atoms with E-state index in [4.69, 9.17) is 17.3 Å². The van der Waals surface area contributed by atoms with Gasteiger partial charge in [0.1, 0.15) is 0 Å². The first-order valence-corrected chi connectivity index (χ1v) is 4.89. The predicted molar refractivity (Wildman–Crippen MR) is 60.2 cm³/mol. The number of hydrogen-bond acceptors (Lipinski definition) is 4. The second-order valence-electron chi connectivity index (χ2n) is 3.10. The monoisotopic (exact) mass is 255 g/mol. The van der Waals surface area contributed by atoms with Crippen LogP contribution < -0.4 is 11.1 Å². The molecule has 1 aromatic carbocycles. The summed E-state index contributed by atoms with van der Waals surface area (Å²) in [7, 11) is 0. The summed E-state index contributed by atoms with van der Waals surface area (Å²) in [5.41, 5.74) is 5.19. The van der Waals surface area contributed by atoms with E-state index < -0.39 is 11.7 Å². The number of nitrogens with one attached hydrogen (secondary N) is 2. The van der Waals surface area contributed by atoms with Crippen molar-refractivity contribution in [3.05, 3.63) is 34.9 Å². The standard InChI is InChI=1S/C9H7ClFN5O/c10-4-2-1-3-5(6(4)11)13-8(17)7-14-9(12)16-15-7/h1-3H,(H,13,17)(H3,12,14,15,16). The number of amides is 1. The lowest BCUT2D eigenvalue weighted by atomic mass is 10.3. The van der Waals surface area contributed by atoms with Crippen LogP contribution in [-0.4, -0.2) is 21.1 Å². The van der Waals surface area contributed by atoms with Crippen molar-refractivity contribution in [1.29, 1.82) is 0 Å². The van der Waals surface area contributed by atoms with Crippen molar-refractivity contribution in [2.45, 2.75) is 0 Å². The van der Waals surface area contributed by atoms with E-state index in [1.54, 1.807) is 0 Å². The maximum Gasteiger partial charge on any atom is 0.293 e. The lowest BCUT2D eigenvalue weighted by Gasteiger charge is -2.04. The van der Waals surface area contributed by atoms with Crippen molar-refractivity contribution in [2.24, 2.45) is 0 Å². The average molecular weight is 256 g/mol.